The minimum atomic E-state index is -0.471. The number of carbonyl (C=O) groups is 1. The van der Waals surface area contributed by atoms with Crippen LogP contribution in [0.3, 0.4) is 0 Å². The van der Waals surface area contributed by atoms with Gasteiger partial charge in [-0.3, -0.25) is 0 Å². The predicted molar refractivity (Wildman–Crippen MR) is 101 cm³/mol. The number of aromatic hydroxyl groups is 1. The van der Waals surface area contributed by atoms with Crippen molar-refractivity contribution in [2.75, 3.05) is 0 Å². The van der Waals surface area contributed by atoms with E-state index in [-0.39, 0.29) is 12.4 Å². The number of nitrogens with one attached hydrogen (secondary N) is 1. The Morgan fingerprint density at radius 2 is 1.96 bits per heavy atom. The third kappa shape index (κ3) is 4.01. The summed E-state index contributed by atoms with van der Waals surface area (Å²) in [4.78, 5) is 11.9. The minimum Gasteiger partial charge on any atom is -0.506 e. The van der Waals surface area contributed by atoms with Gasteiger partial charge in [-0.2, -0.15) is 0 Å². The molecule has 0 spiro atoms. The van der Waals surface area contributed by atoms with Crippen molar-refractivity contribution in [3.8, 4) is 5.75 Å². The highest BCUT2D eigenvalue weighted by molar-refractivity contribution is 14.1. The molecule has 1 aliphatic carbocycles. The Morgan fingerprint density at radius 1 is 1.21 bits per heavy atom. The molecule has 2 aromatic carbocycles. The summed E-state index contributed by atoms with van der Waals surface area (Å²) in [5, 5.41) is 13.1. The van der Waals surface area contributed by atoms with E-state index in [4.69, 9.17) is 4.74 Å². The fourth-order valence-electron chi connectivity index (χ4n) is 3.07. The first-order chi connectivity index (χ1) is 11.6. The predicted octanol–water partition coefficient (Wildman–Crippen LogP) is 4.30. The third-order valence-electron chi connectivity index (χ3n) is 4.31. The van der Waals surface area contributed by atoms with Crippen molar-refractivity contribution in [2.24, 2.45) is 0 Å². The zero-order valence-corrected chi connectivity index (χ0v) is 15.5. The molecule has 0 saturated heterocycles. The van der Waals surface area contributed by atoms with Crippen LogP contribution in [0.15, 0.2) is 36.4 Å². The molecule has 2 aromatic rings. The van der Waals surface area contributed by atoms with Crippen LogP contribution in [0.5, 0.6) is 5.75 Å². The Bertz CT molecular complexity index is 731. The lowest BCUT2D eigenvalue weighted by Crippen LogP contribution is -2.25. The number of hydrogen-bond acceptors (Lipinski definition) is 3. The first kappa shape index (κ1) is 17.1. The second-order valence-corrected chi connectivity index (χ2v) is 7.11. The lowest BCUT2D eigenvalue weighted by atomic mass is 9.88. The van der Waals surface area contributed by atoms with Gasteiger partial charge in [0, 0.05) is 5.56 Å². The molecule has 5 heteroatoms. The van der Waals surface area contributed by atoms with Gasteiger partial charge in [0.15, 0.2) is 0 Å². The van der Waals surface area contributed by atoms with E-state index in [1.165, 1.54) is 17.5 Å². The zero-order chi connectivity index (χ0) is 16.9. The van der Waals surface area contributed by atoms with Crippen molar-refractivity contribution in [2.45, 2.75) is 38.8 Å². The molecule has 24 heavy (non-hydrogen) atoms. The Labute approximate surface area is 155 Å². The number of phenols is 1. The largest absolute Gasteiger partial charge is 0.506 e. The van der Waals surface area contributed by atoms with Gasteiger partial charge in [0.2, 0.25) is 0 Å². The van der Waals surface area contributed by atoms with Crippen LogP contribution in [-0.2, 0) is 30.7 Å². The van der Waals surface area contributed by atoms with E-state index in [0.717, 1.165) is 34.0 Å². The normalized spacial score (nSPS) is 13.2. The highest BCUT2D eigenvalue weighted by Crippen LogP contribution is 2.34. The van der Waals surface area contributed by atoms with Crippen LogP contribution in [0, 0.1) is 3.57 Å². The number of benzene rings is 2. The molecule has 0 heterocycles. The van der Waals surface area contributed by atoms with Gasteiger partial charge in [-0.25, -0.2) is 4.79 Å². The molecule has 0 atom stereocenters. The summed E-state index contributed by atoms with van der Waals surface area (Å²) in [6.07, 6.45) is 3.83. The molecule has 3 rings (SSSR count). The highest BCUT2D eigenvalue weighted by atomic mass is 127. The van der Waals surface area contributed by atoms with Gasteiger partial charge in [-0.15, -0.1) is 0 Å². The molecule has 2 N–H and O–H groups in total. The number of amides is 1. The Hall–Kier alpha value is -1.76. The van der Waals surface area contributed by atoms with E-state index in [1.807, 2.05) is 30.3 Å². The molecule has 1 aliphatic rings. The van der Waals surface area contributed by atoms with E-state index in [1.54, 1.807) is 0 Å². The summed E-state index contributed by atoms with van der Waals surface area (Å²) in [6, 6.07) is 11.6. The second kappa shape index (κ2) is 7.88. The molecule has 0 radical (unpaired) electrons. The summed E-state index contributed by atoms with van der Waals surface area (Å²) in [6.45, 7) is 0.529. The van der Waals surface area contributed by atoms with Crippen LogP contribution < -0.4 is 5.32 Å². The summed E-state index contributed by atoms with van der Waals surface area (Å²) < 4.78 is 6.07. The Kier molecular flexibility index (Phi) is 5.60. The summed E-state index contributed by atoms with van der Waals surface area (Å²) in [7, 11) is 0. The van der Waals surface area contributed by atoms with Gasteiger partial charge in [0.05, 0.1) is 10.1 Å². The molecule has 0 aromatic heterocycles. The van der Waals surface area contributed by atoms with Gasteiger partial charge in [0.25, 0.3) is 0 Å². The van der Waals surface area contributed by atoms with Crippen molar-refractivity contribution in [3.63, 3.8) is 0 Å². The van der Waals surface area contributed by atoms with Crippen LogP contribution in [0.4, 0.5) is 4.79 Å². The minimum absolute atomic E-state index is 0.239. The summed E-state index contributed by atoms with van der Waals surface area (Å²) >= 11 is 2.14. The molecule has 0 fully saturated rings. The van der Waals surface area contributed by atoms with Crippen LogP contribution in [0.1, 0.15) is 35.1 Å². The van der Waals surface area contributed by atoms with Crippen LogP contribution in [0.25, 0.3) is 0 Å². The number of ether oxygens (including phenoxy) is 1. The Balaban J connectivity index is 1.64. The molecular formula is C19H20INO3. The van der Waals surface area contributed by atoms with E-state index in [2.05, 4.69) is 34.0 Å². The highest BCUT2D eigenvalue weighted by Gasteiger charge is 2.19. The van der Waals surface area contributed by atoms with Gasteiger partial charge >= 0.3 is 6.09 Å². The molecule has 126 valence electrons. The summed E-state index contributed by atoms with van der Waals surface area (Å²) in [5.74, 6) is 0.277. The Morgan fingerprint density at radius 3 is 2.75 bits per heavy atom. The number of hydrogen-bond donors (Lipinski definition) is 2. The van der Waals surface area contributed by atoms with Gasteiger partial charge in [-0.05, 0) is 71.0 Å². The quantitative estimate of drug-likeness (QED) is 0.702. The lowest BCUT2D eigenvalue weighted by molar-refractivity contribution is 0.139. The number of aryl methyl sites for hydroxylation is 1. The standard InChI is InChI=1S/C19H20INO3/c20-17-10-14-8-4-5-9-15(14)16(18(17)22)11-21-19(23)24-12-13-6-2-1-3-7-13/h1-3,6-7,10,22H,4-5,8-9,11-12H2,(H,21,23). The lowest BCUT2D eigenvalue weighted by Gasteiger charge is -2.21. The smallest absolute Gasteiger partial charge is 0.407 e. The zero-order valence-electron chi connectivity index (χ0n) is 13.3. The maximum Gasteiger partial charge on any atom is 0.407 e. The number of rotatable bonds is 4. The SMILES string of the molecule is O=C(NCc1c(O)c(I)cc2c1CCCC2)OCc1ccccc1. The monoisotopic (exact) mass is 437 g/mol. The molecule has 0 aliphatic heterocycles. The van der Waals surface area contributed by atoms with Crippen LogP contribution in [0.2, 0.25) is 0 Å². The van der Waals surface area contributed by atoms with Crippen LogP contribution in [-0.4, -0.2) is 11.2 Å². The summed E-state index contributed by atoms with van der Waals surface area (Å²) in [5.41, 5.74) is 4.25. The second-order valence-electron chi connectivity index (χ2n) is 5.95. The van der Waals surface area contributed by atoms with Crippen molar-refractivity contribution < 1.29 is 14.6 Å². The average Bonchev–Trinajstić information content (AvgIpc) is 2.61. The average molecular weight is 437 g/mol. The first-order valence-corrected chi connectivity index (χ1v) is 9.19. The topological polar surface area (TPSA) is 58.6 Å². The van der Waals surface area contributed by atoms with E-state index in [9.17, 15) is 9.90 Å². The van der Waals surface area contributed by atoms with E-state index < -0.39 is 6.09 Å². The number of alkyl carbamates (subject to hydrolysis) is 1. The molecule has 0 unspecified atom stereocenters. The van der Waals surface area contributed by atoms with Crippen LogP contribution >= 0.6 is 22.6 Å². The molecule has 0 bridgehead atoms. The fraction of sp³-hybridized carbons (Fsp3) is 0.316. The first-order valence-electron chi connectivity index (χ1n) is 8.12. The molecule has 1 amide bonds. The number of fused-ring (bicyclic) bond motifs is 1. The maximum atomic E-state index is 11.9. The molecular weight excluding hydrogens is 417 g/mol. The fourth-order valence-corrected chi connectivity index (χ4v) is 3.77. The van der Waals surface area contributed by atoms with Crippen molar-refractivity contribution in [3.05, 3.63) is 62.2 Å². The van der Waals surface area contributed by atoms with E-state index >= 15 is 0 Å². The van der Waals surface area contributed by atoms with Crippen molar-refractivity contribution in [1.29, 1.82) is 0 Å². The van der Waals surface area contributed by atoms with Crippen molar-refractivity contribution in [1.82, 2.24) is 5.32 Å². The maximum absolute atomic E-state index is 11.9. The number of halogens is 1. The van der Waals surface area contributed by atoms with Gasteiger partial charge in [-0.1, -0.05) is 30.3 Å². The molecule has 0 saturated carbocycles. The van der Waals surface area contributed by atoms with Gasteiger partial charge in [0.1, 0.15) is 12.4 Å². The number of carbonyl (C=O) groups excluding carboxylic acids is 1. The third-order valence-corrected chi connectivity index (χ3v) is 5.13. The number of phenolic OH excluding ortho intramolecular Hbond substituents is 1. The van der Waals surface area contributed by atoms with Gasteiger partial charge < -0.3 is 15.2 Å². The van der Waals surface area contributed by atoms with E-state index in [0.29, 0.717) is 6.54 Å². The van der Waals surface area contributed by atoms with Crippen molar-refractivity contribution >= 4 is 28.7 Å². The molecule has 4 nitrogen and oxygen atoms in total.